The number of nitrogens with zero attached hydrogens (tertiary/aromatic N) is 9. The molecule has 16 aromatic rings. The fourth-order valence-electron chi connectivity index (χ4n) is 12.4. The summed E-state index contributed by atoms with van der Waals surface area (Å²) >= 11 is 0. The monoisotopic (exact) mass is 1520 g/mol. The molecule has 17 rings (SSSR count). The number of aromatic amines is 4. The van der Waals surface area contributed by atoms with Crippen molar-refractivity contribution in [2.75, 3.05) is 67.8 Å². The molecule has 8 heterocycles. The van der Waals surface area contributed by atoms with Crippen LogP contribution in [0.2, 0.25) is 0 Å². The molecule has 0 spiro atoms. The van der Waals surface area contributed by atoms with E-state index in [2.05, 4.69) is 59.7 Å². The number of aromatic hydroxyl groups is 1. The largest absolute Gasteiger partial charge is 0.504 e. The van der Waals surface area contributed by atoms with Crippen molar-refractivity contribution < 1.29 is 70.4 Å². The summed E-state index contributed by atoms with van der Waals surface area (Å²) in [6.45, 7) is 6.98. The first-order chi connectivity index (χ1) is 54.7. The number of carbonyl (C=O) groups is 1. The number of rotatable bonds is 21. The molecule has 1 saturated heterocycles. The molecule has 7 aromatic heterocycles. The third-order valence-corrected chi connectivity index (χ3v) is 18.3. The van der Waals surface area contributed by atoms with E-state index in [9.17, 15) is 27.9 Å². The van der Waals surface area contributed by atoms with Crippen LogP contribution in [-0.2, 0) is 18.0 Å². The number of piperazine rings is 1. The average Bonchev–Trinajstić information content (AvgIpc) is 1.13. The Morgan fingerprint density at radius 3 is 1.23 bits per heavy atom. The van der Waals surface area contributed by atoms with Gasteiger partial charge in [-0.15, -0.1) is 0 Å². The van der Waals surface area contributed by atoms with E-state index in [0.29, 0.717) is 131 Å². The lowest BCUT2D eigenvalue weighted by Gasteiger charge is -2.34. The number of H-pyrrole nitrogens is 4. The van der Waals surface area contributed by atoms with Gasteiger partial charge >= 0.3 is 0 Å². The SMILES string of the molecule is COc1cc2nc[nH]c(=O)c2cc1OCc1ccccc1.COc1cc2ncnc(Oc3ccc4[nH]ccc4c3F)c2cc1O.COc1cc2ncnc(Oc3ccc4[nH]ccc4c3F)c2cc1OCCCN1CCN(C(C)=O)CC1.COc1cc2ncnc(Oc3ccc4[nH]ccc4c3F)c2cc1OCc1ccccc1. The molecule has 1 amide bonds. The fourth-order valence-corrected chi connectivity index (χ4v) is 12.4. The van der Waals surface area contributed by atoms with Crippen LogP contribution in [0, 0.1) is 17.5 Å². The number of phenols is 1. The molecule has 0 saturated carbocycles. The molecule has 0 unspecified atom stereocenters. The van der Waals surface area contributed by atoms with Crippen molar-refractivity contribution in [3.05, 3.63) is 247 Å². The van der Waals surface area contributed by atoms with Crippen LogP contribution in [0.3, 0.4) is 0 Å². The highest BCUT2D eigenvalue weighted by molar-refractivity contribution is 5.91. The number of hydrogen-bond acceptors (Lipinski definition) is 21. The van der Waals surface area contributed by atoms with Gasteiger partial charge in [-0.1, -0.05) is 60.7 Å². The number of methoxy groups -OCH3 is 4. The van der Waals surface area contributed by atoms with Crippen molar-refractivity contribution in [3.8, 4) is 80.9 Å². The first-order valence-electron chi connectivity index (χ1n) is 35.2. The van der Waals surface area contributed by atoms with E-state index in [1.165, 1.54) is 44.6 Å². The smallest absolute Gasteiger partial charge is 0.258 e. The Morgan fingerprint density at radius 1 is 0.420 bits per heavy atom. The van der Waals surface area contributed by atoms with Crippen molar-refractivity contribution in [2.45, 2.75) is 26.6 Å². The van der Waals surface area contributed by atoms with Crippen molar-refractivity contribution in [2.24, 2.45) is 0 Å². The number of carbonyl (C=O) groups excluding carboxylic acids is 1. The first kappa shape index (κ1) is 74.6. The molecule has 0 atom stereocenters. The van der Waals surface area contributed by atoms with Crippen molar-refractivity contribution in [1.82, 2.24) is 64.6 Å². The number of hydrogen-bond donors (Lipinski definition) is 5. The number of benzene rings is 9. The molecule has 568 valence electrons. The highest BCUT2D eigenvalue weighted by atomic mass is 19.1. The zero-order valence-corrected chi connectivity index (χ0v) is 61.0. The summed E-state index contributed by atoms with van der Waals surface area (Å²) in [6.07, 6.45) is 11.2. The van der Waals surface area contributed by atoms with Crippen molar-refractivity contribution in [3.63, 3.8) is 0 Å². The first-order valence-corrected chi connectivity index (χ1v) is 35.2. The fraction of sp³-hybridized carbons (Fsp3) is 0.169. The minimum atomic E-state index is -0.488. The molecule has 0 bridgehead atoms. The maximum atomic E-state index is 14.9. The molecule has 0 aliphatic carbocycles. The summed E-state index contributed by atoms with van der Waals surface area (Å²) in [6, 6.07) is 47.8. The van der Waals surface area contributed by atoms with Crippen LogP contribution in [0.25, 0.3) is 76.3 Å². The van der Waals surface area contributed by atoms with E-state index in [4.69, 9.17) is 47.4 Å². The second-order valence-corrected chi connectivity index (χ2v) is 25.2. The van der Waals surface area contributed by atoms with Gasteiger partial charge < -0.3 is 77.3 Å². The molecular weight excluding hydrogens is 1440 g/mol. The Kier molecular flexibility index (Phi) is 22.9. The quantitative estimate of drug-likeness (QED) is 0.0417. The Balaban J connectivity index is 0.000000126. The molecule has 29 heteroatoms. The normalized spacial score (nSPS) is 12.0. The number of aromatic nitrogens is 11. The number of phenolic OH excluding ortho intramolecular Hbond substituents is 1. The molecular formula is C83H72F3N13O13. The average molecular weight is 1520 g/mol. The van der Waals surface area contributed by atoms with E-state index in [0.717, 1.165) is 50.3 Å². The van der Waals surface area contributed by atoms with Gasteiger partial charge in [0.1, 0.15) is 32.2 Å². The topological polar surface area (TPSA) is 307 Å². The summed E-state index contributed by atoms with van der Waals surface area (Å²) in [5.41, 5.74) is 6.19. The Bertz CT molecular complexity index is 6090. The van der Waals surface area contributed by atoms with Gasteiger partial charge in [-0.2, -0.15) is 0 Å². The predicted octanol–water partition coefficient (Wildman–Crippen LogP) is 15.9. The summed E-state index contributed by atoms with van der Waals surface area (Å²) < 4.78 is 101. The molecule has 9 aromatic carbocycles. The predicted molar refractivity (Wildman–Crippen MR) is 414 cm³/mol. The summed E-state index contributed by atoms with van der Waals surface area (Å²) in [5, 5.41) is 13.4. The van der Waals surface area contributed by atoms with Gasteiger partial charge in [0.2, 0.25) is 23.5 Å². The van der Waals surface area contributed by atoms with Crippen LogP contribution >= 0.6 is 0 Å². The van der Waals surface area contributed by atoms with Gasteiger partial charge in [-0.05, 0) is 96.4 Å². The lowest BCUT2D eigenvalue weighted by molar-refractivity contribution is -0.130. The van der Waals surface area contributed by atoms with Crippen LogP contribution in [0.1, 0.15) is 24.5 Å². The Labute approximate surface area is 636 Å². The van der Waals surface area contributed by atoms with E-state index in [1.807, 2.05) is 65.6 Å². The molecule has 26 nitrogen and oxygen atoms in total. The lowest BCUT2D eigenvalue weighted by atomic mass is 10.2. The summed E-state index contributed by atoms with van der Waals surface area (Å²) in [7, 11) is 6.14. The number of nitrogens with one attached hydrogen (secondary N) is 4. The maximum Gasteiger partial charge on any atom is 0.258 e. The van der Waals surface area contributed by atoms with Crippen LogP contribution in [-0.4, -0.2) is 143 Å². The van der Waals surface area contributed by atoms with E-state index < -0.39 is 17.5 Å². The number of amides is 1. The van der Waals surface area contributed by atoms with E-state index in [1.54, 1.807) is 138 Å². The van der Waals surface area contributed by atoms with Gasteiger partial charge in [-0.3, -0.25) is 14.5 Å². The second-order valence-electron chi connectivity index (χ2n) is 25.2. The van der Waals surface area contributed by atoms with Crippen LogP contribution in [0.4, 0.5) is 13.2 Å². The van der Waals surface area contributed by atoms with E-state index >= 15 is 0 Å². The van der Waals surface area contributed by atoms with Crippen molar-refractivity contribution >= 4 is 82.2 Å². The van der Waals surface area contributed by atoms with Crippen LogP contribution in [0.15, 0.2) is 212 Å². The Hall–Kier alpha value is -14.2. The molecule has 0 radical (unpaired) electrons. The number of ether oxygens (including phenoxy) is 10. The van der Waals surface area contributed by atoms with Gasteiger partial charge in [-0.25, -0.2) is 48.1 Å². The molecule has 1 aliphatic heterocycles. The minimum absolute atomic E-state index is 0.0393. The van der Waals surface area contributed by atoms with Crippen LogP contribution < -0.4 is 52.9 Å². The Morgan fingerprint density at radius 2 is 0.812 bits per heavy atom. The molecule has 1 aliphatic rings. The number of halogens is 3. The van der Waals surface area contributed by atoms with Crippen LogP contribution in [0.5, 0.6) is 80.9 Å². The lowest BCUT2D eigenvalue weighted by Crippen LogP contribution is -2.48. The van der Waals surface area contributed by atoms with E-state index in [-0.39, 0.29) is 57.9 Å². The molecule has 112 heavy (non-hydrogen) atoms. The second kappa shape index (κ2) is 34.3. The summed E-state index contributed by atoms with van der Waals surface area (Å²) in [4.78, 5) is 68.3. The van der Waals surface area contributed by atoms with Gasteiger partial charge in [0.05, 0.1) is 85.0 Å². The summed E-state index contributed by atoms with van der Waals surface area (Å²) in [5.74, 6) is 2.92. The standard InChI is InChI=1S/C26H28FN5O4.C24H18FN3O3.C17H12FN3O3.C16H14N2O3/c1-17(33)32-11-9-31(10-12-32)8-3-13-35-24-14-19-21(15-23(24)34-2)29-16-30-26(19)36-22-5-4-20-18(25(22)27)6-7-28-20;1-29-21-12-19-17(11-22(21)30-13-15-5-3-2-4-6-15)24(28-14-27-19)31-20-8-7-18-16(23(20)25)9-10-26-18;1-23-15-7-12-10(6-13(15)22)17(21-8-20-12)24-14-3-2-11-9(16(14)18)4-5-19-11;1-20-14-8-13-12(16(19)18-10-17-13)7-15(14)21-9-11-5-3-2-4-6-11/h4-7,14-16,28H,3,8-13H2,1-2H3;2-12,14,26H,13H2,1H3;2-8,19,22H,1H3;2-8,10H,9H2,1H3,(H,17,18,19). The maximum absolute atomic E-state index is 14.9. The van der Waals surface area contributed by atoms with Gasteiger partial charge in [0, 0.05) is 115 Å². The molecule has 1 fully saturated rings. The third-order valence-electron chi connectivity index (χ3n) is 18.3. The van der Waals surface area contributed by atoms with Gasteiger partial charge in [0.25, 0.3) is 5.56 Å². The molecule has 5 N–H and O–H groups in total. The third kappa shape index (κ3) is 16.9. The van der Waals surface area contributed by atoms with Gasteiger partial charge in [0.15, 0.2) is 80.7 Å². The highest BCUT2D eigenvalue weighted by Gasteiger charge is 2.23. The van der Waals surface area contributed by atoms with Crippen molar-refractivity contribution in [1.29, 1.82) is 0 Å². The number of fused-ring (bicyclic) bond motifs is 7. The zero-order valence-electron chi connectivity index (χ0n) is 61.0. The zero-order chi connectivity index (χ0) is 77.6. The minimum Gasteiger partial charge on any atom is -0.504 e. The highest BCUT2D eigenvalue weighted by Crippen LogP contribution is 2.42.